The molecular weight excluding hydrogens is 675 g/mol. The van der Waals surface area contributed by atoms with E-state index in [1.54, 1.807) is 42.7 Å². The summed E-state index contributed by atoms with van der Waals surface area (Å²) in [6.07, 6.45) is 1.72. The molecule has 0 aliphatic rings. The standard InChI is InChI=1S/C49H51N5O/c1-33(2)23-34-19-21-51-47(27-34)54-42-14-10-9-13-40(42)41-18-17-38(28-45(41)54)55-39-20-22-50-46(29-39)53-32-52(43-15-11-12-16-44(43)53)37-25-35(30-48(3,4)5)24-36(26-37)31-49(6,7)8/h9-22,24-29,33H,23,30-31H2,1-8H3/i23D2,30D2,31D2. The molecule has 0 amide bonds. The van der Waals surface area contributed by atoms with Gasteiger partial charge in [-0.15, -0.1) is 0 Å². The molecule has 8 rings (SSSR count). The van der Waals surface area contributed by atoms with Crippen LogP contribution in [-0.4, -0.2) is 19.1 Å². The minimum Gasteiger partial charge on any atom is -0.458 e. The van der Waals surface area contributed by atoms with Crippen LogP contribution in [0.3, 0.4) is 0 Å². The number of rotatable bonds is 9. The van der Waals surface area contributed by atoms with Crippen molar-refractivity contribution in [2.45, 2.75) is 74.5 Å². The van der Waals surface area contributed by atoms with Gasteiger partial charge in [0.25, 0.3) is 6.33 Å². The van der Waals surface area contributed by atoms with Gasteiger partial charge in [-0.05, 0) is 90.0 Å². The van der Waals surface area contributed by atoms with Crippen LogP contribution in [-0.2, 0) is 19.1 Å². The lowest BCUT2D eigenvalue weighted by molar-refractivity contribution is -0.572. The van der Waals surface area contributed by atoms with Crippen LogP contribution in [0.1, 0.15) is 80.3 Å². The number of aromatic nitrogens is 5. The summed E-state index contributed by atoms with van der Waals surface area (Å²) in [4.78, 5) is 9.45. The van der Waals surface area contributed by atoms with Crippen LogP contribution in [0.5, 0.6) is 11.5 Å². The maximum Gasteiger partial charge on any atom is 0.271 e. The molecule has 55 heavy (non-hydrogen) atoms. The average molecular weight is 732 g/mol. The van der Waals surface area contributed by atoms with Crippen molar-refractivity contribution in [1.82, 2.24) is 19.1 Å². The summed E-state index contributed by atoms with van der Waals surface area (Å²) in [6, 6.07) is 34.3. The van der Waals surface area contributed by atoms with Gasteiger partial charge in [0.15, 0.2) is 5.82 Å². The Morgan fingerprint density at radius 2 is 1.29 bits per heavy atom. The molecule has 4 aromatic carbocycles. The van der Waals surface area contributed by atoms with E-state index >= 15 is 0 Å². The van der Waals surface area contributed by atoms with Crippen molar-refractivity contribution in [3.8, 4) is 28.8 Å². The number of nitrogens with zero attached hydrogens (tertiary/aromatic N) is 5. The van der Waals surface area contributed by atoms with Crippen LogP contribution in [0.15, 0.2) is 122 Å². The molecule has 8 aromatic rings. The van der Waals surface area contributed by atoms with Gasteiger partial charge in [0.1, 0.15) is 17.3 Å². The van der Waals surface area contributed by atoms with Crippen molar-refractivity contribution in [3.63, 3.8) is 0 Å². The second kappa shape index (κ2) is 14.2. The fourth-order valence-corrected chi connectivity index (χ4v) is 7.12. The van der Waals surface area contributed by atoms with E-state index in [0.717, 1.165) is 32.8 Å². The molecule has 4 heterocycles. The minimum atomic E-state index is -1.78. The molecule has 0 aliphatic heterocycles. The Morgan fingerprint density at radius 3 is 2.02 bits per heavy atom. The highest BCUT2D eigenvalue weighted by molar-refractivity contribution is 6.09. The Balaban J connectivity index is 1.22. The van der Waals surface area contributed by atoms with Crippen LogP contribution in [0.25, 0.3) is 50.2 Å². The van der Waals surface area contributed by atoms with Crippen molar-refractivity contribution in [3.05, 3.63) is 145 Å². The number of pyridine rings is 2. The first-order chi connectivity index (χ1) is 28.6. The predicted molar refractivity (Wildman–Crippen MR) is 225 cm³/mol. The largest absolute Gasteiger partial charge is 0.458 e. The lowest BCUT2D eigenvalue weighted by Crippen LogP contribution is -2.30. The molecule has 0 saturated carbocycles. The molecule has 0 saturated heterocycles. The van der Waals surface area contributed by atoms with E-state index in [4.69, 9.17) is 17.4 Å². The molecule has 0 unspecified atom stereocenters. The van der Waals surface area contributed by atoms with E-state index in [0.29, 0.717) is 45.5 Å². The number of para-hydroxylation sites is 3. The number of hydrogen-bond acceptors (Lipinski definition) is 3. The number of imidazole rings is 1. The van der Waals surface area contributed by atoms with Crippen LogP contribution in [0, 0.1) is 23.1 Å². The van der Waals surface area contributed by atoms with E-state index in [1.165, 1.54) is 0 Å². The van der Waals surface area contributed by atoms with Crippen LogP contribution < -0.4 is 9.30 Å². The van der Waals surface area contributed by atoms with Gasteiger partial charge in [0, 0.05) is 43.5 Å². The van der Waals surface area contributed by atoms with Gasteiger partial charge in [-0.3, -0.25) is 18.7 Å². The second-order valence-corrected chi connectivity index (χ2v) is 16.5. The van der Waals surface area contributed by atoms with Crippen molar-refractivity contribution >= 4 is 32.8 Å². The van der Waals surface area contributed by atoms with Gasteiger partial charge in [0.2, 0.25) is 0 Å². The van der Waals surface area contributed by atoms with Gasteiger partial charge in [-0.25, -0.2) is 4.98 Å². The lowest BCUT2D eigenvalue weighted by atomic mass is 9.84. The van der Waals surface area contributed by atoms with Gasteiger partial charge >= 0.3 is 0 Å². The first kappa shape index (κ1) is 29.6. The highest BCUT2D eigenvalue weighted by Crippen LogP contribution is 2.36. The Hall–Kier alpha value is -5.75. The van der Waals surface area contributed by atoms with Gasteiger partial charge in [-0.1, -0.05) is 115 Å². The Labute approximate surface area is 333 Å². The van der Waals surface area contributed by atoms with E-state index in [9.17, 15) is 5.48 Å². The normalized spacial score (nSPS) is 14.8. The smallest absolute Gasteiger partial charge is 0.271 e. The molecule has 0 radical (unpaired) electrons. The second-order valence-electron chi connectivity index (χ2n) is 16.5. The molecule has 0 aliphatic carbocycles. The molecular formula is C49H51N5O. The molecule has 0 N–H and O–H groups in total. The van der Waals surface area contributed by atoms with Gasteiger partial charge in [-0.2, -0.15) is 0 Å². The third kappa shape index (κ3) is 7.77. The van der Waals surface area contributed by atoms with Crippen molar-refractivity contribution in [2.24, 2.45) is 16.7 Å². The van der Waals surface area contributed by atoms with Crippen LogP contribution >= 0.6 is 0 Å². The first-order valence-corrected chi connectivity index (χ1v) is 18.9. The SMILES string of the molecule is [2H]C([2H])(c1ccnc(-n2c3ccccc3c3ccc(Oc4ccnc(-n5[c-][n+](-c6cc(C([2H])([2H])C(C)(C)C)cc(C([2H])([2H])C(C)(C)C)c6)c6ccccc65)c4)cc32)c1)C(C)C. The van der Waals surface area contributed by atoms with E-state index in [-0.39, 0.29) is 5.92 Å². The zero-order valence-corrected chi connectivity index (χ0v) is 32.8. The quantitative estimate of drug-likeness (QED) is 0.110. The summed E-state index contributed by atoms with van der Waals surface area (Å²) in [6.45, 7) is 14.9. The third-order valence-corrected chi connectivity index (χ3v) is 9.04. The monoisotopic (exact) mass is 731 g/mol. The van der Waals surface area contributed by atoms with Gasteiger partial charge in [0.05, 0.1) is 27.8 Å². The molecule has 0 bridgehead atoms. The number of hydrogen-bond donors (Lipinski definition) is 0. The molecule has 6 heteroatoms. The van der Waals surface area contributed by atoms with Crippen LogP contribution in [0.4, 0.5) is 0 Å². The molecule has 0 spiro atoms. The molecule has 4 aromatic heterocycles. The zero-order chi connectivity index (χ0) is 43.9. The topological polar surface area (TPSA) is 48.8 Å². The summed E-state index contributed by atoms with van der Waals surface area (Å²) >= 11 is 0. The average Bonchev–Trinajstić information content (AvgIpc) is 3.76. The predicted octanol–water partition coefficient (Wildman–Crippen LogP) is 11.8. The van der Waals surface area contributed by atoms with Crippen molar-refractivity contribution in [1.29, 1.82) is 0 Å². The summed E-state index contributed by atoms with van der Waals surface area (Å²) in [7, 11) is 0. The van der Waals surface area contributed by atoms with E-state index < -0.39 is 29.9 Å². The van der Waals surface area contributed by atoms with E-state index in [1.807, 2.05) is 137 Å². The minimum absolute atomic E-state index is 0.227. The van der Waals surface area contributed by atoms with E-state index in [2.05, 4.69) is 17.0 Å². The fraction of sp³-hybridized carbons (Fsp3) is 0.286. The van der Waals surface area contributed by atoms with Gasteiger partial charge < -0.3 is 4.74 Å². The molecule has 0 atom stereocenters. The fourth-order valence-electron chi connectivity index (χ4n) is 7.12. The molecule has 0 fully saturated rings. The highest BCUT2D eigenvalue weighted by atomic mass is 16.5. The Morgan fingerprint density at radius 1 is 0.655 bits per heavy atom. The van der Waals surface area contributed by atoms with Crippen LogP contribution in [0.2, 0.25) is 0 Å². The lowest BCUT2D eigenvalue weighted by Gasteiger charge is -2.22. The number of fused-ring (bicyclic) bond motifs is 4. The molecule has 6 nitrogen and oxygen atoms in total. The summed E-state index contributed by atoms with van der Waals surface area (Å²) in [5.74, 6) is 2.05. The maximum absolute atomic E-state index is 9.20. The maximum atomic E-state index is 9.20. The number of ether oxygens (including phenoxy) is 1. The Kier molecular flexibility index (Phi) is 7.61. The first-order valence-electron chi connectivity index (χ1n) is 21.9. The van der Waals surface area contributed by atoms with Crippen molar-refractivity contribution in [2.75, 3.05) is 0 Å². The summed E-state index contributed by atoms with van der Waals surface area (Å²) in [5.41, 5.74) is 3.78. The summed E-state index contributed by atoms with van der Waals surface area (Å²) in [5, 5.41) is 2.05. The van der Waals surface area contributed by atoms with Crippen molar-refractivity contribution < 1.29 is 17.5 Å². The highest BCUT2D eigenvalue weighted by Gasteiger charge is 2.20. The summed E-state index contributed by atoms with van der Waals surface area (Å²) < 4.78 is 66.7. The third-order valence-electron chi connectivity index (χ3n) is 9.04. The number of benzene rings is 4. The zero-order valence-electron chi connectivity index (χ0n) is 38.8. The Bertz CT molecular complexity index is 2910. The molecule has 278 valence electrons.